The number of aliphatic hydroxyl groups is 1. The summed E-state index contributed by atoms with van der Waals surface area (Å²) >= 11 is 0. The van der Waals surface area contributed by atoms with Crippen LogP contribution in [0.25, 0.3) is 11.2 Å². The molecule has 2 heterocycles. The van der Waals surface area contributed by atoms with Gasteiger partial charge in [-0.05, 0) is 32.6 Å². The van der Waals surface area contributed by atoms with E-state index in [2.05, 4.69) is 20.3 Å². The van der Waals surface area contributed by atoms with Crippen LogP contribution in [0.2, 0.25) is 0 Å². The van der Waals surface area contributed by atoms with Crippen LogP contribution >= 0.6 is 0 Å². The van der Waals surface area contributed by atoms with E-state index in [1.54, 1.807) is 6.92 Å². The molecule has 0 aliphatic heterocycles. The minimum Gasteiger partial charge on any atom is -0.394 e. The molecule has 1 fully saturated rings. The number of hydrogen-bond acceptors (Lipinski definition) is 6. The summed E-state index contributed by atoms with van der Waals surface area (Å²) in [5.41, 5.74) is 6.07. The molecule has 1 aromatic carbocycles. The summed E-state index contributed by atoms with van der Waals surface area (Å²) in [6, 6.07) is 0.875. The highest BCUT2D eigenvalue weighted by Crippen LogP contribution is 2.35. The molecule has 33 heavy (non-hydrogen) atoms. The van der Waals surface area contributed by atoms with Gasteiger partial charge in [0.15, 0.2) is 5.65 Å². The van der Waals surface area contributed by atoms with Crippen LogP contribution in [-0.4, -0.2) is 43.2 Å². The van der Waals surface area contributed by atoms with Gasteiger partial charge in [-0.3, -0.25) is 4.79 Å². The quantitative estimate of drug-likeness (QED) is 0.497. The van der Waals surface area contributed by atoms with E-state index in [0.717, 1.165) is 0 Å². The Labute approximate surface area is 188 Å². The van der Waals surface area contributed by atoms with Crippen molar-refractivity contribution in [1.82, 2.24) is 19.5 Å². The summed E-state index contributed by atoms with van der Waals surface area (Å²) in [4.78, 5) is 24.9. The normalized spacial score (nSPS) is 19.5. The Bertz CT molecular complexity index is 1150. The third-order valence-electron chi connectivity index (χ3n) is 6.06. The number of hydrogen-bond donors (Lipinski definition) is 3. The standard InChI is InChI=1S/C22H25F3N6O2/c1-11(10-32)28-22-27-9-18-21(30-22)31(14-4-2-12(3-5-14)20(26)33)19(29-18)8-15-16(24)6-13(23)7-17(15)25/h6-7,9,11-12,14,32H,2-5,8,10H2,1H3,(H2,26,33)(H,27,28,30)/t11-,12?,14?/m0/s1. The van der Waals surface area contributed by atoms with E-state index in [1.165, 1.54) is 6.20 Å². The Morgan fingerprint density at radius 1 is 1.21 bits per heavy atom. The van der Waals surface area contributed by atoms with Crippen molar-refractivity contribution < 1.29 is 23.1 Å². The van der Waals surface area contributed by atoms with Crippen molar-refractivity contribution in [3.05, 3.63) is 47.2 Å². The van der Waals surface area contributed by atoms with Crippen molar-refractivity contribution >= 4 is 23.0 Å². The Kier molecular flexibility index (Phi) is 6.50. The molecule has 0 unspecified atom stereocenters. The predicted octanol–water partition coefficient (Wildman–Crippen LogP) is 2.84. The maximum atomic E-state index is 14.4. The summed E-state index contributed by atoms with van der Waals surface area (Å²) in [7, 11) is 0. The first-order valence-corrected chi connectivity index (χ1v) is 10.8. The Morgan fingerprint density at radius 3 is 2.48 bits per heavy atom. The second-order valence-corrected chi connectivity index (χ2v) is 8.46. The van der Waals surface area contributed by atoms with Gasteiger partial charge in [0, 0.05) is 42.1 Å². The highest BCUT2D eigenvalue weighted by molar-refractivity contribution is 5.76. The molecule has 1 saturated carbocycles. The number of rotatable bonds is 7. The van der Waals surface area contributed by atoms with Crippen LogP contribution in [0.3, 0.4) is 0 Å². The Hall–Kier alpha value is -3.21. The number of aromatic nitrogens is 4. The van der Waals surface area contributed by atoms with Crippen molar-refractivity contribution in [1.29, 1.82) is 0 Å². The Balaban J connectivity index is 1.77. The average Bonchev–Trinajstić information content (AvgIpc) is 3.13. The molecule has 0 bridgehead atoms. The molecule has 4 rings (SSSR count). The summed E-state index contributed by atoms with van der Waals surface area (Å²) < 4.78 is 44.0. The zero-order valence-electron chi connectivity index (χ0n) is 18.1. The molecule has 0 saturated heterocycles. The molecular formula is C22H25F3N6O2. The summed E-state index contributed by atoms with van der Waals surface area (Å²) in [6.45, 7) is 1.65. The molecule has 3 aromatic rings. The monoisotopic (exact) mass is 462 g/mol. The van der Waals surface area contributed by atoms with Gasteiger partial charge in [0.2, 0.25) is 11.9 Å². The lowest BCUT2D eigenvalue weighted by molar-refractivity contribution is -0.122. The van der Waals surface area contributed by atoms with Crippen molar-refractivity contribution in [2.24, 2.45) is 11.7 Å². The lowest BCUT2D eigenvalue weighted by Crippen LogP contribution is -2.29. The van der Waals surface area contributed by atoms with E-state index < -0.39 is 17.5 Å². The van der Waals surface area contributed by atoms with Crippen LogP contribution in [0.1, 0.15) is 50.0 Å². The number of nitrogens with two attached hydrogens (primary N) is 1. The van der Waals surface area contributed by atoms with E-state index in [4.69, 9.17) is 5.73 Å². The van der Waals surface area contributed by atoms with Crippen molar-refractivity contribution in [3.8, 4) is 0 Å². The lowest BCUT2D eigenvalue weighted by atomic mass is 9.85. The van der Waals surface area contributed by atoms with Crippen LogP contribution < -0.4 is 11.1 Å². The molecule has 1 aliphatic rings. The summed E-state index contributed by atoms with van der Waals surface area (Å²) in [5, 5.41) is 12.3. The smallest absolute Gasteiger partial charge is 0.225 e. The van der Waals surface area contributed by atoms with Gasteiger partial charge < -0.3 is 20.7 Å². The number of nitrogens with one attached hydrogen (secondary N) is 1. The maximum absolute atomic E-state index is 14.4. The fourth-order valence-electron chi connectivity index (χ4n) is 4.30. The number of amides is 1. The number of primary amides is 1. The highest BCUT2D eigenvalue weighted by atomic mass is 19.1. The van der Waals surface area contributed by atoms with Gasteiger partial charge in [-0.25, -0.2) is 23.1 Å². The zero-order valence-corrected chi connectivity index (χ0v) is 18.1. The number of halogens is 3. The molecule has 1 aliphatic carbocycles. The number of carbonyl (C=O) groups is 1. The van der Waals surface area contributed by atoms with E-state index >= 15 is 0 Å². The first-order valence-electron chi connectivity index (χ1n) is 10.8. The van der Waals surface area contributed by atoms with Gasteiger partial charge in [-0.2, -0.15) is 4.98 Å². The van der Waals surface area contributed by atoms with Gasteiger partial charge in [-0.15, -0.1) is 0 Å². The van der Waals surface area contributed by atoms with Crippen LogP contribution in [0, 0.1) is 23.4 Å². The molecule has 4 N–H and O–H groups in total. The zero-order chi connectivity index (χ0) is 23.7. The van der Waals surface area contributed by atoms with Crippen LogP contribution in [-0.2, 0) is 11.2 Å². The topological polar surface area (TPSA) is 119 Å². The number of anilines is 1. The number of aliphatic hydroxyl groups excluding tert-OH is 1. The van der Waals surface area contributed by atoms with Gasteiger partial charge in [-0.1, -0.05) is 0 Å². The second kappa shape index (κ2) is 9.34. The highest BCUT2D eigenvalue weighted by Gasteiger charge is 2.29. The van der Waals surface area contributed by atoms with Crippen LogP contribution in [0.15, 0.2) is 18.3 Å². The van der Waals surface area contributed by atoms with Crippen molar-refractivity contribution in [2.45, 2.75) is 51.1 Å². The minimum absolute atomic E-state index is 0.119. The minimum atomic E-state index is -0.994. The third kappa shape index (κ3) is 4.77. The summed E-state index contributed by atoms with van der Waals surface area (Å²) in [6.07, 6.45) is 3.67. The molecule has 0 radical (unpaired) electrons. The number of imidazole rings is 1. The Morgan fingerprint density at radius 2 is 1.88 bits per heavy atom. The van der Waals surface area contributed by atoms with E-state index in [-0.39, 0.29) is 48.4 Å². The van der Waals surface area contributed by atoms with Gasteiger partial charge in [0.25, 0.3) is 0 Å². The van der Waals surface area contributed by atoms with Gasteiger partial charge in [0.05, 0.1) is 12.8 Å². The second-order valence-electron chi connectivity index (χ2n) is 8.46. The molecule has 0 spiro atoms. The first-order chi connectivity index (χ1) is 15.8. The van der Waals surface area contributed by atoms with Crippen LogP contribution in [0.4, 0.5) is 19.1 Å². The molecular weight excluding hydrogens is 437 g/mol. The molecule has 176 valence electrons. The molecule has 11 heteroatoms. The van der Waals surface area contributed by atoms with Gasteiger partial charge >= 0.3 is 0 Å². The SMILES string of the molecule is C[C@@H](CO)Nc1ncc2nc(Cc3c(F)cc(F)cc3F)n(C3CCC(C(N)=O)CC3)c2n1. The third-order valence-corrected chi connectivity index (χ3v) is 6.06. The first kappa shape index (κ1) is 23.0. The van der Waals surface area contributed by atoms with E-state index in [1.807, 2.05) is 4.57 Å². The van der Waals surface area contributed by atoms with E-state index in [9.17, 15) is 23.1 Å². The average molecular weight is 462 g/mol. The maximum Gasteiger partial charge on any atom is 0.225 e. The molecule has 1 amide bonds. The van der Waals surface area contributed by atoms with Crippen LogP contribution in [0.5, 0.6) is 0 Å². The molecule has 2 aromatic heterocycles. The fourth-order valence-corrected chi connectivity index (χ4v) is 4.30. The number of benzene rings is 1. The van der Waals surface area contributed by atoms with E-state index in [0.29, 0.717) is 54.8 Å². The molecule has 8 nitrogen and oxygen atoms in total. The number of carbonyl (C=O) groups excluding carboxylic acids is 1. The lowest BCUT2D eigenvalue weighted by Gasteiger charge is -2.29. The largest absolute Gasteiger partial charge is 0.394 e. The molecule has 1 atom stereocenters. The predicted molar refractivity (Wildman–Crippen MR) is 115 cm³/mol. The fraction of sp³-hybridized carbons (Fsp3) is 0.455. The van der Waals surface area contributed by atoms with Crippen molar-refractivity contribution in [2.75, 3.05) is 11.9 Å². The number of nitrogens with zero attached hydrogens (tertiary/aromatic N) is 4. The van der Waals surface area contributed by atoms with Crippen molar-refractivity contribution in [3.63, 3.8) is 0 Å². The summed E-state index contributed by atoms with van der Waals surface area (Å²) in [5.74, 6) is -2.90. The van der Waals surface area contributed by atoms with Gasteiger partial charge in [0.1, 0.15) is 28.8 Å². The number of fused-ring (bicyclic) bond motifs is 1.